The van der Waals surface area contributed by atoms with Crippen molar-refractivity contribution in [2.45, 2.75) is 25.8 Å². The smallest absolute Gasteiger partial charge is 0.335 e. The van der Waals surface area contributed by atoms with E-state index in [9.17, 15) is 14.7 Å². The summed E-state index contributed by atoms with van der Waals surface area (Å²) in [6.07, 6.45) is 1.94. The number of benzene rings is 1. The van der Waals surface area contributed by atoms with Gasteiger partial charge in [0.1, 0.15) is 5.75 Å². The summed E-state index contributed by atoms with van der Waals surface area (Å²) in [6.45, 7) is 2.67. The Morgan fingerprint density at radius 3 is 2.68 bits per heavy atom. The molecule has 1 aliphatic heterocycles. The zero-order valence-corrected chi connectivity index (χ0v) is 10.6. The van der Waals surface area contributed by atoms with Gasteiger partial charge >= 0.3 is 12.0 Å². The molecular weight excluding hydrogens is 248 g/mol. The van der Waals surface area contributed by atoms with E-state index in [4.69, 9.17) is 5.11 Å². The van der Waals surface area contributed by atoms with Crippen LogP contribution in [0.3, 0.4) is 0 Å². The number of rotatable bonds is 2. The van der Waals surface area contributed by atoms with Gasteiger partial charge in [-0.15, -0.1) is 0 Å². The maximum absolute atomic E-state index is 12.0. The molecule has 1 heterocycles. The highest BCUT2D eigenvalue weighted by molar-refractivity contribution is 5.93. The lowest BCUT2D eigenvalue weighted by molar-refractivity contribution is 0.0696. The summed E-state index contributed by atoms with van der Waals surface area (Å²) in [6, 6.07) is 3.75. The number of urea groups is 1. The highest BCUT2D eigenvalue weighted by atomic mass is 16.4. The molecule has 0 spiro atoms. The van der Waals surface area contributed by atoms with Crippen molar-refractivity contribution in [3.05, 3.63) is 23.8 Å². The summed E-state index contributed by atoms with van der Waals surface area (Å²) >= 11 is 0. The molecular formula is C13H16N2O4. The molecule has 0 radical (unpaired) electrons. The Labute approximate surface area is 110 Å². The molecule has 19 heavy (non-hydrogen) atoms. The third-order valence-corrected chi connectivity index (χ3v) is 3.30. The van der Waals surface area contributed by atoms with Crippen molar-refractivity contribution in [3.63, 3.8) is 0 Å². The first-order chi connectivity index (χ1) is 8.99. The number of phenols is 1. The van der Waals surface area contributed by atoms with Crippen LogP contribution in [0.5, 0.6) is 5.75 Å². The minimum atomic E-state index is -1.12. The number of carbonyl (C=O) groups excluding carboxylic acids is 1. The standard InChI is InChI=1S/C13H16N2O4/c1-8-3-2-6-15(8)13(19)14-10-5-4-9(12(17)18)7-11(10)16/h4-5,7-8,16H,2-3,6H2,1H3,(H,14,19)(H,17,18). The molecule has 1 saturated heterocycles. The molecule has 0 bridgehead atoms. The lowest BCUT2D eigenvalue weighted by Crippen LogP contribution is -2.37. The molecule has 2 rings (SSSR count). The summed E-state index contributed by atoms with van der Waals surface area (Å²) in [5, 5.41) is 21.1. The number of hydrogen-bond acceptors (Lipinski definition) is 3. The van der Waals surface area contributed by atoms with E-state index < -0.39 is 5.97 Å². The summed E-state index contributed by atoms with van der Waals surface area (Å²) in [7, 11) is 0. The Balaban J connectivity index is 2.11. The second-order valence-electron chi connectivity index (χ2n) is 4.65. The van der Waals surface area contributed by atoms with Crippen LogP contribution in [0.15, 0.2) is 18.2 Å². The fourth-order valence-corrected chi connectivity index (χ4v) is 2.19. The van der Waals surface area contributed by atoms with Gasteiger partial charge in [0.15, 0.2) is 0 Å². The zero-order chi connectivity index (χ0) is 14.0. The number of nitrogens with zero attached hydrogens (tertiary/aromatic N) is 1. The number of amides is 2. The molecule has 1 aliphatic rings. The van der Waals surface area contributed by atoms with Crippen LogP contribution in [-0.2, 0) is 0 Å². The van der Waals surface area contributed by atoms with E-state index in [1.165, 1.54) is 12.1 Å². The van der Waals surface area contributed by atoms with Gasteiger partial charge in [-0.25, -0.2) is 9.59 Å². The van der Waals surface area contributed by atoms with Gasteiger partial charge in [0.2, 0.25) is 0 Å². The van der Waals surface area contributed by atoms with Gasteiger partial charge < -0.3 is 20.4 Å². The van der Waals surface area contributed by atoms with Gasteiger partial charge in [0.25, 0.3) is 0 Å². The first-order valence-electron chi connectivity index (χ1n) is 6.13. The maximum Gasteiger partial charge on any atom is 0.335 e. The molecule has 6 nitrogen and oxygen atoms in total. The second kappa shape index (κ2) is 5.17. The van der Waals surface area contributed by atoms with E-state index >= 15 is 0 Å². The Kier molecular flexibility index (Phi) is 3.59. The minimum Gasteiger partial charge on any atom is -0.506 e. The topological polar surface area (TPSA) is 89.9 Å². The number of carbonyl (C=O) groups is 2. The number of anilines is 1. The van der Waals surface area contributed by atoms with Gasteiger partial charge in [-0.2, -0.15) is 0 Å². The molecule has 1 aromatic carbocycles. The quantitative estimate of drug-likeness (QED) is 0.713. The molecule has 6 heteroatoms. The lowest BCUT2D eigenvalue weighted by Gasteiger charge is -2.22. The van der Waals surface area contributed by atoms with Crippen molar-refractivity contribution in [2.75, 3.05) is 11.9 Å². The Hall–Kier alpha value is -2.24. The van der Waals surface area contributed by atoms with Crippen LogP contribution < -0.4 is 5.32 Å². The van der Waals surface area contributed by atoms with Crippen molar-refractivity contribution in [2.24, 2.45) is 0 Å². The molecule has 0 aromatic heterocycles. The first kappa shape index (κ1) is 13.2. The van der Waals surface area contributed by atoms with E-state index in [-0.39, 0.29) is 29.1 Å². The van der Waals surface area contributed by atoms with E-state index in [0.29, 0.717) is 6.54 Å². The van der Waals surface area contributed by atoms with Crippen molar-refractivity contribution in [1.29, 1.82) is 0 Å². The molecule has 0 aliphatic carbocycles. The Bertz CT molecular complexity index is 515. The summed E-state index contributed by atoms with van der Waals surface area (Å²) in [5.41, 5.74) is 0.194. The van der Waals surface area contributed by atoms with Crippen LogP contribution >= 0.6 is 0 Å². The van der Waals surface area contributed by atoms with Crippen LogP contribution in [0.25, 0.3) is 0 Å². The molecule has 2 amide bonds. The van der Waals surface area contributed by atoms with E-state index in [1.54, 1.807) is 4.90 Å². The summed E-state index contributed by atoms with van der Waals surface area (Å²) < 4.78 is 0. The van der Waals surface area contributed by atoms with Gasteiger partial charge in [0, 0.05) is 12.6 Å². The molecule has 1 unspecified atom stereocenters. The number of aromatic carboxylic acids is 1. The van der Waals surface area contributed by atoms with Gasteiger partial charge in [-0.3, -0.25) is 0 Å². The van der Waals surface area contributed by atoms with Gasteiger partial charge in [0.05, 0.1) is 11.3 Å². The number of hydrogen-bond donors (Lipinski definition) is 3. The first-order valence-corrected chi connectivity index (χ1v) is 6.13. The average Bonchev–Trinajstić information content (AvgIpc) is 2.77. The van der Waals surface area contributed by atoms with E-state index in [0.717, 1.165) is 18.9 Å². The normalized spacial score (nSPS) is 18.4. The van der Waals surface area contributed by atoms with Crippen LogP contribution in [-0.4, -0.2) is 39.7 Å². The highest BCUT2D eigenvalue weighted by Crippen LogP contribution is 2.26. The zero-order valence-electron chi connectivity index (χ0n) is 10.6. The Morgan fingerprint density at radius 1 is 1.42 bits per heavy atom. The molecule has 3 N–H and O–H groups in total. The number of phenolic OH excluding ortho intramolecular Hbond substituents is 1. The van der Waals surface area contributed by atoms with Crippen molar-refractivity contribution in [1.82, 2.24) is 4.90 Å². The summed E-state index contributed by atoms with van der Waals surface area (Å²) in [5.74, 6) is -1.37. The van der Waals surface area contributed by atoms with Gasteiger partial charge in [-0.05, 0) is 38.0 Å². The average molecular weight is 264 g/mol. The highest BCUT2D eigenvalue weighted by Gasteiger charge is 2.25. The van der Waals surface area contributed by atoms with Crippen molar-refractivity contribution in [3.8, 4) is 5.75 Å². The fraction of sp³-hybridized carbons (Fsp3) is 0.385. The van der Waals surface area contributed by atoms with Crippen LogP contribution in [0.4, 0.5) is 10.5 Å². The predicted octanol–water partition coefficient (Wildman–Crippen LogP) is 2.11. The van der Waals surface area contributed by atoms with Crippen LogP contribution in [0.2, 0.25) is 0 Å². The van der Waals surface area contributed by atoms with Crippen LogP contribution in [0, 0.1) is 0 Å². The SMILES string of the molecule is CC1CCCN1C(=O)Nc1ccc(C(=O)O)cc1O. The number of carboxylic acids is 1. The maximum atomic E-state index is 12.0. The molecule has 1 aromatic rings. The Morgan fingerprint density at radius 2 is 2.16 bits per heavy atom. The van der Waals surface area contributed by atoms with Crippen molar-refractivity contribution >= 4 is 17.7 Å². The van der Waals surface area contributed by atoms with Crippen molar-refractivity contribution < 1.29 is 19.8 Å². The monoisotopic (exact) mass is 264 g/mol. The molecule has 102 valence electrons. The molecule has 1 fully saturated rings. The lowest BCUT2D eigenvalue weighted by atomic mass is 10.2. The minimum absolute atomic E-state index is 0.0231. The number of aromatic hydroxyl groups is 1. The third kappa shape index (κ3) is 2.78. The number of likely N-dealkylation sites (tertiary alicyclic amines) is 1. The molecule has 1 atom stereocenters. The largest absolute Gasteiger partial charge is 0.506 e. The number of carboxylic acid groups (broad SMARTS) is 1. The predicted molar refractivity (Wildman–Crippen MR) is 69.5 cm³/mol. The molecule has 0 saturated carbocycles. The van der Waals surface area contributed by atoms with Gasteiger partial charge in [-0.1, -0.05) is 0 Å². The fourth-order valence-electron chi connectivity index (χ4n) is 2.19. The third-order valence-electron chi connectivity index (χ3n) is 3.30. The number of nitrogens with one attached hydrogen (secondary N) is 1. The van der Waals surface area contributed by atoms with E-state index in [2.05, 4.69) is 5.32 Å². The van der Waals surface area contributed by atoms with E-state index in [1.807, 2.05) is 6.92 Å². The van der Waals surface area contributed by atoms with Crippen LogP contribution in [0.1, 0.15) is 30.1 Å². The second-order valence-corrected chi connectivity index (χ2v) is 4.65. The summed E-state index contributed by atoms with van der Waals surface area (Å²) in [4.78, 5) is 24.4.